The minimum Gasteiger partial charge on any atom is -0.375 e. The molecule has 1 aromatic carbocycles. The number of aryl methyl sites for hydroxylation is 2. The van der Waals surface area contributed by atoms with Gasteiger partial charge in [-0.15, -0.1) is 0 Å². The van der Waals surface area contributed by atoms with Gasteiger partial charge in [-0.05, 0) is 41.8 Å². The second-order valence-electron chi connectivity index (χ2n) is 8.33. The summed E-state index contributed by atoms with van der Waals surface area (Å²) < 4.78 is 31.7. The number of ether oxygens (including phenoxy) is 1. The van der Waals surface area contributed by atoms with Gasteiger partial charge in [-0.25, -0.2) is 14.3 Å². The van der Waals surface area contributed by atoms with Crippen molar-refractivity contribution in [2.45, 2.75) is 26.0 Å². The molecular formula is C24H25ClN6O3. The van der Waals surface area contributed by atoms with Crippen LogP contribution >= 0.6 is 11.6 Å². The fraction of sp³-hybridized carbons (Fsp3) is 0.333. The molecule has 5 rings (SSSR count). The molecule has 176 valence electrons. The van der Waals surface area contributed by atoms with Crippen molar-refractivity contribution in [1.29, 1.82) is 0 Å². The van der Waals surface area contributed by atoms with Crippen molar-refractivity contribution in [3.8, 4) is 11.3 Å². The monoisotopic (exact) mass is 483 g/mol. The molecule has 3 aromatic heterocycles. The number of nitrogens with zero attached hydrogens (tertiary/aromatic N) is 5. The maximum absolute atomic E-state index is 12.8. The predicted molar refractivity (Wildman–Crippen MR) is 130 cm³/mol. The van der Waals surface area contributed by atoms with Crippen LogP contribution in [-0.4, -0.2) is 49.5 Å². The van der Waals surface area contributed by atoms with E-state index >= 15 is 0 Å². The molecular weight excluding hydrogens is 456 g/mol. The van der Waals surface area contributed by atoms with Gasteiger partial charge in [-0.1, -0.05) is 11.6 Å². The quantitative estimate of drug-likeness (QED) is 0.465. The molecule has 0 saturated carbocycles. The van der Waals surface area contributed by atoms with Gasteiger partial charge in [-0.3, -0.25) is 9.36 Å². The SMILES string of the molecule is [2H]C([2H])([2H])n1ccc(=O)n(Cc2cc3c(-c4cc(Cl)cc(C)c4C[C@@H]4CNCCO4)ncnn3c2)c1=O. The first-order valence-corrected chi connectivity index (χ1v) is 11.3. The van der Waals surface area contributed by atoms with E-state index in [0.717, 1.165) is 46.6 Å². The molecule has 1 N–H and O–H groups in total. The second kappa shape index (κ2) is 9.17. The molecule has 34 heavy (non-hydrogen) atoms. The zero-order chi connectivity index (χ0) is 26.3. The van der Waals surface area contributed by atoms with Crippen molar-refractivity contribution >= 4 is 17.1 Å². The molecule has 4 heterocycles. The number of benzene rings is 1. The lowest BCUT2D eigenvalue weighted by Gasteiger charge is -2.25. The van der Waals surface area contributed by atoms with Gasteiger partial charge in [0.25, 0.3) is 5.56 Å². The topological polar surface area (TPSA) is 95.4 Å². The van der Waals surface area contributed by atoms with E-state index < -0.39 is 18.2 Å². The zero-order valence-corrected chi connectivity index (χ0v) is 19.2. The Balaban J connectivity index is 1.58. The highest BCUT2D eigenvalue weighted by atomic mass is 35.5. The summed E-state index contributed by atoms with van der Waals surface area (Å²) in [5.41, 5.74) is 3.29. The summed E-state index contributed by atoms with van der Waals surface area (Å²) in [4.78, 5) is 29.7. The van der Waals surface area contributed by atoms with Crippen LogP contribution in [0, 0.1) is 6.92 Å². The number of fused-ring (bicyclic) bond motifs is 1. The van der Waals surface area contributed by atoms with Gasteiger partial charge >= 0.3 is 5.69 Å². The lowest BCUT2D eigenvalue weighted by atomic mass is 9.94. The first-order valence-electron chi connectivity index (χ1n) is 12.4. The predicted octanol–water partition coefficient (Wildman–Crippen LogP) is 1.80. The van der Waals surface area contributed by atoms with Gasteiger partial charge in [0.05, 0.1) is 30.5 Å². The summed E-state index contributed by atoms with van der Waals surface area (Å²) in [6, 6.07) is 6.63. The van der Waals surface area contributed by atoms with E-state index in [2.05, 4.69) is 15.4 Å². The van der Waals surface area contributed by atoms with E-state index in [1.807, 2.05) is 19.1 Å². The molecule has 1 aliphatic heterocycles. The fourth-order valence-corrected chi connectivity index (χ4v) is 4.63. The third-order valence-corrected chi connectivity index (χ3v) is 6.22. The van der Waals surface area contributed by atoms with Crippen LogP contribution in [0.1, 0.15) is 20.8 Å². The van der Waals surface area contributed by atoms with Crippen molar-refractivity contribution in [3.63, 3.8) is 0 Å². The summed E-state index contributed by atoms with van der Waals surface area (Å²) in [6.45, 7) is 1.39. The van der Waals surface area contributed by atoms with Crippen molar-refractivity contribution in [2.24, 2.45) is 6.98 Å². The zero-order valence-electron chi connectivity index (χ0n) is 21.5. The molecule has 0 aliphatic carbocycles. The van der Waals surface area contributed by atoms with E-state index in [1.165, 1.54) is 6.33 Å². The Bertz CT molecular complexity index is 1590. The molecule has 1 atom stereocenters. The molecule has 1 aliphatic rings. The highest BCUT2D eigenvalue weighted by molar-refractivity contribution is 6.31. The van der Waals surface area contributed by atoms with Gasteiger partial charge in [0.1, 0.15) is 6.33 Å². The van der Waals surface area contributed by atoms with Gasteiger partial charge in [0.2, 0.25) is 0 Å². The fourth-order valence-electron chi connectivity index (χ4n) is 4.36. The Labute approximate surface area is 204 Å². The molecule has 0 amide bonds. The summed E-state index contributed by atoms with van der Waals surface area (Å²) in [6.07, 6.45) is 4.79. The van der Waals surface area contributed by atoms with Crippen LogP contribution in [0.25, 0.3) is 16.8 Å². The standard InChI is InChI=1S/C24H25ClN6O3/c1-15-7-17(25)9-20(19(15)10-18-11-26-4-6-34-18)23-21-8-16(13-31(21)28-14-27-23)12-30-22(32)3-5-29(2)24(30)33/h3,5,7-9,13-14,18,26H,4,6,10-12H2,1-2H3/t18-/m1/s1/i2D3. The molecule has 1 saturated heterocycles. The van der Waals surface area contributed by atoms with Crippen LogP contribution in [0.2, 0.25) is 5.02 Å². The summed E-state index contributed by atoms with van der Waals surface area (Å²) in [5.74, 6) is 0. The average molecular weight is 484 g/mol. The van der Waals surface area contributed by atoms with Crippen LogP contribution < -0.4 is 16.6 Å². The minimum atomic E-state index is -2.70. The smallest absolute Gasteiger partial charge is 0.331 e. The Morgan fingerprint density at radius 2 is 2.21 bits per heavy atom. The Morgan fingerprint density at radius 3 is 3.00 bits per heavy atom. The molecule has 0 spiro atoms. The first-order chi connectivity index (χ1) is 17.6. The Morgan fingerprint density at radius 1 is 1.32 bits per heavy atom. The van der Waals surface area contributed by atoms with E-state index in [0.29, 0.717) is 39.4 Å². The normalized spacial score (nSPS) is 17.9. The Hall–Kier alpha value is -3.27. The number of hydrogen-bond donors (Lipinski definition) is 1. The number of rotatable bonds is 5. The summed E-state index contributed by atoms with van der Waals surface area (Å²) in [7, 11) is 0. The first kappa shape index (κ1) is 19.1. The highest BCUT2D eigenvalue weighted by Gasteiger charge is 2.21. The number of hydrogen-bond acceptors (Lipinski definition) is 6. The van der Waals surface area contributed by atoms with E-state index in [9.17, 15) is 9.59 Å². The second-order valence-corrected chi connectivity index (χ2v) is 8.77. The molecule has 1 fully saturated rings. The van der Waals surface area contributed by atoms with Gasteiger partial charge in [0, 0.05) is 59.6 Å². The molecule has 10 heteroatoms. The van der Waals surface area contributed by atoms with Crippen LogP contribution in [0.4, 0.5) is 0 Å². The minimum absolute atomic E-state index is 0.0120. The van der Waals surface area contributed by atoms with Crippen LogP contribution in [0.15, 0.2) is 52.6 Å². The average Bonchev–Trinajstić information content (AvgIpc) is 3.26. The third-order valence-electron chi connectivity index (χ3n) is 6.00. The largest absolute Gasteiger partial charge is 0.375 e. The van der Waals surface area contributed by atoms with Crippen molar-refractivity contribution in [1.82, 2.24) is 29.0 Å². The number of halogens is 1. The molecule has 0 bridgehead atoms. The van der Waals surface area contributed by atoms with E-state index in [4.69, 9.17) is 20.5 Å². The lowest BCUT2D eigenvalue weighted by Crippen LogP contribution is -2.39. The third kappa shape index (κ3) is 4.29. The maximum Gasteiger partial charge on any atom is 0.331 e. The van der Waals surface area contributed by atoms with Crippen molar-refractivity contribution < 1.29 is 8.85 Å². The van der Waals surface area contributed by atoms with Crippen LogP contribution in [0.5, 0.6) is 0 Å². The molecule has 0 radical (unpaired) electrons. The summed E-state index contributed by atoms with van der Waals surface area (Å²) >= 11 is 6.45. The van der Waals surface area contributed by atoms with Crippen molar-refractivity contribution in [3.05, 3.63) is 85.5 Å². The Kier molecular flexibility index (Phi) is 5.15. The van der Waals surface area contributed by atoms with Crippen LogP contribution in [-0.2, 0) is 24.7 Å². The van der Waals surface area contributed by atoms with Gasteiger partial charge in [-0.2, -0.15) is 5.10 Å². The number of aromatic nitrogens is 5. The van der Waals surface area contributed by atoms with Gasteiger partial charge < -0.3 is 14.6 Å². The number of morpholine rings is 1. The molecule has 9 nitrogen and oxygen atoms in total. The van der Waals surface area contributed by atoms with E-state index in [1.54, 1.807) is 16.8 Å². The van der Waals surface area contributed by atoms with Crippen LogP contribution in [0.3, 0.4) is 0 Å². The van der Waals surface area contributed by atoms with Crippen molar-refractivity contribution in [2.75, 3.05) is 19.7 Å². The highest BCUT2D eigenvalue weighted by Crippen LogP contribution is 2.33. The lowest BCUT2D eigenvalue weighted by molar-refractivity contribution is 0.0292. The maximum atomic E-state index is 12.8. The molecule has 0 unspecified atom stereocenters. The number of nitrogens with one attached hydrogen (secondary N) is 1. The molecule has 4 aromatic rings. The summed E-state index contributed by atoms with van der Waals surface area (Å²) in [5, 5.41) is 8.22. The van der Waals surface area contributed by atoms with Gasteiger partial charge in [0.15, 0.2) is 0 Å². The van der Waals surface area contributed by atoms with E-state index in [-0.39, 0.29) is 12.6 Å².